The van der Waals surface area contributed by atoms with Crippen molar-refractivity contribution < 1.29 is 4.74 Å². The van der Waals surface area contributed by atoms with Crippen LogP contribution in [-0.2, 0) is 4.74 Å². The van der Waals surface area contributed by atoms with Crippen LogP contribution in [0.2, 0.25) is 0 Å². The highest BCUT2D eigenvalue weighted by Crippen LogP contribution is 2.14. The number of ether oxygens (including phenoxy) is 1. The van der Waals surface area contributed by atoms with Crippen LogP contribution in [0.15, 0.2) is 11.2 Å². The fourth-order valence-corrected chi connectivity index (χ4v) is 1.75. The molecule has 0 aliphatic heterocycles. The predicted molar refractivity (Wildman–Crippen MR) is 52.8 cm³/mol. The van der Waals surface area contributed by atoms with Gasteiger partial charge in [0.05, 0.1) is 6.20 Å². The SMILES string of the molecule is COCCCCCSc1cn[nH]n1. The third kappa shape index (κ3) is 4.90. The van der Waals surface area contributed by atoms with Crippen LogP contribution in [0, 0.1) is 0 Å². The van der Waals surface area contributed by atoms with Crippen molar-refractivity contribution in [3.8, 4) is 0 Å². The van der Waals surface area contributed by atoms with Gasteiger partial charge in [0.1, 0.15) is 5.03 Å². The zero-order valence-electron chi connectivity index (χ0n) is 7.82. The number of H-pyrrole nitrogens is 1. The van der Waals surface area contributed by atoms with Gasteiger partial charge in [0, 0.05) is 13.7 Å². The van der Waals surface area contributed by atoms with Crippen LogP contribution in [0.25, 0.3) is 0 Å². The Bertz CT molecular complexity index is 203. The van der Waals surface area contributed by atoms with E-state index in [4.69, 9.17) is 4.74 Å². The Labute approximate surface area is 82.4 Å². The van der Waals surface area contributed by atoms with Gasteiger partial charge in [-0.3, -0.25) is 0 Å². The summed E-state index contributed by atoms with van der Waals surface area (Å²) in [4.78, 5) is 0. The molecule has 0 aliphatic rings. The fraction of sp³-hybridized carbons (Fsp3) is 0.750. The van der Waals surface area contributed by atoms with Crippen LogP contribution in [-0.4, -0.2) is 34.9 Å². The summed E-state index contributed by atoms with van der Waals surface area (Å²) in [6.07, 6.45) is 5.33. The highest BCUT2D eigenvalue weighted by atomic mass is 32.2. The van der Waals surface area contributed by atoms with Gasteiger partial charge in [-0.1, -0.05) is 6.42 Å². The van der Waals surface area contributed by atoms with E-state index in [-0.39, 0.29) is 0 Å². The predicted octanol–water partition coefficient (Wildman–Crippen LogP) is 1.71. The highest BCUT2D eigenvalue weighted by molar-refractivity contribution is 7.99. The van der Waals surface area contributed by atoms with Gasteiger partial charge in [0.15, 0.2) is 0 Å². The number of thioether (sulfide) groups is 1. The van der Waals surface area contributed by atoms with E-state index in [1.165, 1.54) is 12.8 Å². The third-order valence-corrected chi connectivity index (χ3v) is 2.62. The van der Waals surface area contributed by atoms with Gasteiger partial charge in [-0.15, -0.1) is 16.9 Å². The quantitative estimate of drug-likeness (QED) is 0.539. The van der Waals surface area contributed by atoms with E-state index in [1.54, 1.807) is 25.1 Å². The van der Waals surface area contributed by atoms with E-state index in [1.807, 2.05) is 0 Å². The molecule has 74 valence electrons. The van der Waals surface area contributed by atoms with Crippen LogP contribution in [0.5, 0.6) is 0 Å². The van der Waals surface area contributed by atoms with E-state index in [2.05, 4.69) is 15.4 Å². The zero-order valence-corrected chi connectivity index (χ0v) is 8.64. The lowest BCUT2D eigenvalue weighted by Gasteiger charge is -1.98. The molecule has 1 N–H and O–H groups in total. The Morgan fingerprint density at radius 1 is 1.46 bits per heavy atom. The van der Waals surface area contributed by atoms with Crippen LogP contribution in [0.1, 0.15) is 19.3 Å². The third-order valence-electron chi connectivity index (χ3n) is 1.64. The number of aromatic amines is 1. The lowest BCUT2D eigenvalue weighted by atomic mass is 10.3. The summed E-state index contributed by atoms with van der Waals surface area (Å²) in [5.41, 5.74) is 0. The molecule has 0 spiro atoms. The number of rotatable bonds is 7. The van der Waals surface area contributed by atoms with Gasteiger partial charge in [-0.2, -0.15) is 10.3 Å². The summed E-state index contributed by atoms with van der Waals surface area (Å²) < 4.78 is 4.96. The monoisotopic (exact) mass is 201 g/mol. The summed E-state index contributed by atoms with van der Waals surface area (Å²) in [6.45, 7) is 0.870. The van der Waals surface area contributed by atoms with Crippen molar-refractivity contribution in [2.45, 2.75) is 24.3 Å². The summed E-state index contributed by atoms with van der Waals surface area (Å²) in [5.74, 6) is 1.11. The molecule has 4 nitrogen and oxygen atoms in total. The molecule has 0 amide bonds. The molecule has 0 fully saturated rings. The molecular weight excluding hydrogens is 186 g/mol. The van der Waals surface area contributed by atoms with Crippen LogP contribution in [0.3, 0.4) is 0 Å². The molecule has 0 atom stereocenters. The Morgan fingerprint density at radius 2 is 2.38 bits per heavy atom. The Morgan fingerprint density at radius 3 is 3.08 bits per heavy atom. The van der Waals surface area contributed by atoms with E-state index in [9.17, 15) is 0 Å². The standard InChI is InChI=1S/C8H15N3OS/c1-12-5-3-2-4-6-13-8-7-9-11-10-8/h7H,2-6H2,1H3,(H,9,10,11). The highest BCUT2D eigenvalue weighted by Gasteiger charge is 1.95. The van der Waals surface area contributed by atoms with Crippen molar-refractivity contribution in [3.63, 3.8) is 0 Å². The van der Waals surface area contributed by atoms with Crippen molar-refractivity contribution in [3.05, 3.63) is 6.20 Å². The molecule has 0 unspecified atom stereocenters. The average molecular weight is 201 g/mol. The number of unbranched alkanes of at least 4 members (excludes halogenated alkanes) is 2. The smallest absolute Gasteiger partial charge is 0.138 e. The van der Waals surface area contributed by atoms with E-state index in [0.29, 0.717) is 0 Å². The van der Waals surface area contributed by atoms with Crippen molar-refractivity contribution in [1.29, 1.82) is 0 Å². The van der Waals surface area contributed by atoms with Crippen LogP contribution in [0.4, 0.5) is 0 Å². The first-order valence-electron chi connectivity index (χ1n) is 4.41. The number of aromatic nitrogens is 3. The number of methoxy groups -OCH3 is 1. The number of hydrogen-bond acceptors (Lipinski definition) is 4. The minimum absolute atomic E-state index is 0.870. The van der Waals surface area contributed by atoms with Gasteiger partial charge < -0.3 is 4.74 Å². The van der Waals surface area contributed by atoms with Gasteiger partial charge in [0.2, 0.25) is 0 Å². The molecule has 1 aromatic heterocycles. The van der Waals surface area contributed by atoms with E-state index in [0.717, 1.165) is 23.8 Å². The maximum Gasteiger partial charge on any atom is 0.138 e. The second-order valence-electron chi connectivity index (χ2n) is 2.71. The molecule has 5 heteroatoms. The van der Waals surface area contributed by atoms with Crippen molar-refractivity contribution in [2.75, 3.05) is 19.5 Å². The molecular formula is C8H15N3OS. The minimum Gasteiger partial charge on any atom is -0.385 e. The van der Waals surface area contributed by atoms with Crippen LogP contribution < -0.4 is 0 Å². The molecule has 0 bridgehead atoms. The first-order valence-corrected chi connectivity index (χ1v) is 5.39. The van der Waals surface area contributed by atoms with Crippen molar-refractivity contribution in [2.24, 2.45) is 0 Å². The molecule has 1 heterocycles. The molecule has 1 aromatic rings. The molecule has 0 aromatic carbocycles. The van der Waals surface area contributed by atoms with Gasteiger partial charge in [0.25, 0.3) is 0 Å². The van der Waals surface area contributed by atoms with E-state index >= 15 is 0 Å². The van der Waals surface area contributed by atoms with Crippen LogP contribution >= 0.6 is 11.8 Å². The van der Waals surface area contributed by atoms with Gasteiger partial charge in [-0.25, -0.2) is 0 Å². The molecule has 0 aliphatic carbocycles. The fourth-order valence-electron chi connectivity index (χ4n) is 0.963. The number of nitrogens with zero attached hydrogens (tertiary/aromatic N) is 2. The van der Waals surface area contributed by atoms with E-state index < -0.39 is 0 Å². The lowest BCUT2D eigenvalue weighted by Crippen LogP contribution is -1.89. The first kappa shape index (κ1) is 10.5. The largest absolute Gasteiger partial charge is 0.385 e. The maximum absolute atomic E-state index is 4.96. The maximum atomic E-state index is 4.96. The Hall–Kier alpha value is -0.550. The topological polar surface area (TPSA) is 50.8 Å². The van der Waals surface area contributed by atoms with Crippen molar-refractivity contribution in [1.82, 2.24) is 15.4 Å². The number of nitrogens with one attached hydrogen (secondary N) is 1. The average Bonchev–Trinajstić information content (AvgIpc) is 2.63. The second kappa shape index (κ2) is 6.91. The minimum atomic E-state index is 0.870. The summed E-state index contributed by atoms with van der Waals surface area (Å²) in [5, 5.41) is 11.3. The zero-order chi connectivity index (χ0) is 9.36. The van der Waals surface area contributed by atoms with Gasteiger partial charge in [-0.05, 0) is 18.6 Å². The Balaban J connectivity index is 1.90. The molecule has 13 heavy (non-hydrogen) atoms. The first-order chi connectivity index (χ1) is 6.43. The summed E-state index contributed by atoms with van der Waals surface area (Å²) >= 11 is 1.74. The molecule has 0 saturated heterocycles. The van der Waals surface area contributed by atoms with Gasteiger partial charge >= 0.3 is 0 Å². The number of hydrogen-bond donors (Lipinski definition) is 1. The normalized spacial score (nSPS) is 10.5. The molecule has 1 rings (SSSR count). The summed E-state index contributed by atoms with van der Waals surface area (Å²) in [7, 11) is 1.74. The Kier molecular flexibility index (Phi) is 5.60. The molecule has 0 radical (unpaired) electrons. The van der Waals surface area contributed by atoms with Crippen molar-refractivity contribution >= 4 is 11.8 Å². The second-order valence-corrected chi connectivity index (χ2v) is 3.83. The summed E-state index contributed by atoms with van der Waals surface area (Å²) in [6, 6.07) is 0. The lowest BCUT2D eigenvalue weighted by molar-refractivity contribution is 0.192. The molecule has 0 saturated carbocycles.